The molecule has 0 aliphatic carbocycles. The molecule has 20 heavy (non-hydrogen) atoms. The van der Waals surface area contributed by atoms with E-state index in [1.54, 1.807) is 6.07 Å². The van der Waals surface area contributed by atoms with Crippen molar-refractivity contribution >= 4 is 22.7 Å². The zero-order valence-corrected chi connectivity index (χ0v) is 14.1. The van der Waals surface area contributed by atoms with Gasteiger partial charge in [0.1, 0.15) is 0 Å². The van der Waals surface area contributed by atoms with Crippen LogP contribution in [0.4, 0.5) is 5.69 Å². The number of benzene rings is 2. The molecule has 3 nitrogen and oxygen atoms in total. The third-order valence-electron chi connectivity index (χ3n) is 2.49. The molecule has 3 N–H and O–H groups in total. The molecular formula is C16H15N3Y-2. The first-order chi connectivity index (χ1) is 9.31. The van der Waals surface area contributed by atoms with Gasteiger partial charge in [-0.1, -0.05) is 17.1 Å². The summed E-state index contributed by atoms with van der Waals surface area (Å²) in [5.41, 5.74) is 8.11. The summed E-state index contributed by atoms with van der Waals surface area (Å²) in [4.78, 5) is 0. The van der Waals surface area contributed by atoms with Crippen molar-refractivity contribution in [3.63, 3.8) is 0 Å². The molecule has 0 amide bonds. The van der Waals surface area contributed by atoms with Crippen LogP contribution in [0.15, 0.2) is 48.5 Å². The summed E-state index contributed by atoms with van der Waals surface area (Å²) in [5.74, 6) is 0. The van der Waals surface area contributed by atoms with Gasteiger partial charge in [0.25, 0.3) is 0 Å². The molecule has 2 aromatic carbocycles. The molecule has 1 heterocycles. The number of nitrogens with zero attached hydrogens (tertiary/aromatic N) is 1. The van der Waals surface area contributed by atoms with Crippen LogP contribution in [0.3, 0.4) is 0 Å². The normalized spacial score (nSPS) is 9.85. The van der Waals surface area contributed by atoms with Gasteiger partial charge in [0.15, 0.2) is 0 Å². The summed E-state index contributed by atoms with van der Waals surface area (Å²) in [7, 11) is 0. The van der Waals surface area contributed by atoms with Crippen LogP contribution >= 0.6 is 0 Å². The van der Waals surface area contributed by atoms with Gasteiger partial charge in [-0.15, -0.1) is 0 Å². The van der Waals surface area contributed by atoms with E-state index in [9.17, 15) is 0 Å². The summed E-state index contributed by atoms with van der Waals surface area (Å²) in [5, 5.41) is 8.24. The maximum absolute atomic E-state index is 5.33. The molecule has 4 heteroatoms. The second-order valence-electron chi connectivity index (χ2n) is 3.92. The Hall–Kier alpha value is -1.45. The molecular weight excluding hydrogens is 323 g/mol. The van der Waals surface area contributed by atoms with Gasteiger partial charge >= 0.3 is 0 Å². The third-order valence-corrected chi connectivity index (χ3v) is 2.49. The van der Waals surface area contributed by atoms with E-state index >= 15 is 0 Å². The van der Waals surface area contributed by atoms with Crippen molar-refractivity contribution in [2.45, 2.75) is 6.92 Å². The SMILES string of the molecule is C/C=C/c1n[nH]c2c[c-]ccc12.Nc1c[c-]ccc1.[Y]. The van der Waals surface area contributed by atoms with Crippen LogP contribution in [0, 0.1) is 12.1 Å². The number of anilines is 1. The molecule has 0 spiro atoms. The standard InChI is InChI=1S/C10H9N2.C6H6N.Y/c1-2-5-9-8-6-3-4-7-10(8)12-11-9;7-6-4-2-1-3-5-6;/h2-3,5-7H,1H3,(H,11,12);1-2,4-5H,7H2;/q2*-1;/b5-2+;;. The minimum Gasteiger partial charge on any atom is -0.449 e. The summed E-state index contributed by atoms with van der Waals surface area (Å²) >= 11 is 0. The van der Waals surface area contributed by atoms with Gasteiger partial charge in [0.05, 0.1) is 5.69 Å². The fourth-order valence-electron chi connectivity index (χ4n) is 1.62. The van der Waals surface area contributed by atoms with Crippen molar-refractivity contribution in [3.05, 3.63) is 66.4 Å². The van der Waals surface area contributed by atoms with Crippen LogP contribution in [0.5, 0.6) is 0 Å². The number of hydrogen-bond acceptors (Lipinski definition) is 2. The predicted octanol–water partition coefficient (Wildman–Crippen LogP) is 3.46. The number of aromatic amines is 1. The number of H-pyrrole nitrogens is 1. The van der Waals surface area contributed by atoms with E-state index in [1.165, 1.54) is 0 Å². The van der Waals surface area contributed by atoms with Gasteiger partial charge in [-0.3, -0.25) is 0 Å². The van der Waals surface area contributed by atoms with E-state index in [4.69, 9.17) is 5.73 Å². The van der Waals surface area contributed by atoms with Crippen LogP contribution in [-0.2, 0) is 32.7 Å². The molecule has 0 bridgehead atoms. The fourth-order valence-corrected chi connectivity index (χ4v) is 1.62. The topological polar surface area (TPSA) is 54.7 Å². The van der Waals surface area contributed by atoms with Gasteiger partial charge in [0, 0.05) is 32.7 Å². The van der Waals surface area contributed by atoms with Crippen molar-refractivity contribution in [2.24, 2.45) is 0 Å². The Balaban J connectivity index is 0.000000216. The Bertz CT molecular complexity index is 660. The Morgan fingerprint density at radius 3 is 2.60 bits per heavy atom. The number of nitrogens with one attached hydrogen (secondary N) is 1. The molecule has 0 saturated carbocycles. The molecule has 0 saturated heterocycles. The predicted molar refractivity (Wildman–Crippen MR) is 79.3 cm³/mol. The van der Waals surface area contributed by atoms with Crippen molar-refractivity contribution < 1.29 is 32.7 Å². The summed E-state index contributed by atoms with van der Waals surface area (Å²) < 4.78 is 0. The van der Waals surface area contributed by atoms with Crippen LogP contribution in [0.1, 0.15) is 12.6 Å². The average molecular weight is 338 g/mol. The molecule has 1 aromatic heterocycles. The van der Waals surface area contributed by atoms with Gasteiger partial charge in [0.2, 0.25) is 0 Å². The second-order valence-corrected chi connectivity index (χ2v) is 3.92. The fraction of sp³-hybridized carbons (Fsp3) is 0.0625. The maximum atomic E-state index is 5.33. The molecule has 0 unspecified atom stereocenters. The monoisotopic (exact) mass is 338 g/mol. The molecule has 3 rings (SSSR count). The molecule has 0 atom stereocenters. The number of allylic oxidation sites excluding steroid dienone is 1. The Morgan fingerprint density at radius 2 is 2.00 bits per heavy atom. The summed E-state index contributed by atoms with van der Waals surface area (Å²) in [6.45, 7) is 1.98. The molecule has 3 aromatic rings. The number of aromatic nitrogens is 2. The van der Waals surface area contributed by atoms with Gasteiger partial charge < -0.3 is 10.8 Å². The average Bonchev–Trinajstić information content (AvgIpc) is 2.85. The van der Waals surface area contributed by atoms with Crippen molar-refractivity contribution in [2.75, 3.05) is 5.73 Å². The number of nitrogen functional groups attached to an aromatic ring is 1. The first-order valence-corrected chi connectivity index (χ1v) is 5.99. The number of fused-ring (bicyclic) bond motifs is 1. The minimum atomic E-state index is 0. The smallest absolute Gasteiger partial charge is 0.0670 e. The first-order valence-electron chi connectivity index (χ1n) is 5.99. The zero-order valence-electron chi connectivity index (χ0n) is 11.3. The molecule has 0 aliphatic rings. The Morgan fingerprint density at radius 1 is 1.20 bits per heavy atom. The zero-order chi connectivity index (χ0) is 13.5. The number of hydrogen-bond donors (Lipinski definition) is 2. The molecule has 1 radical (unpaired) electrons. The van der Waals surface area contributed by atoms with Crippen molar-refractivity contribution in [1.82, 2.24) is 10.2 Å². The quantitative estimate of drug-likeness (QED) is 0.527. The van der Waals surface area contributed by atoms with E-state index in [-0.39, 0.29) is 32.7 Å². The van der Waals surface area contributed by atoms with Crippen molar-refractivity contribution in [3.8, 4) is 0 Å². The van der Waals surface area contributed by atoms with Gasteiger partial charge in [-0.25, -0.2) is 0 Å². The molecule has 0 fully saturated rings. The molecule has 99 valence electrons. The Labute approximate surface area is 144 Å². The van der Waals surface area contributed by atoms with Crippen LogP contribution in [0.2, 0.25) is 0 Å². The van der Waals surface area contributed by atoms with Crippen molar-refractivity contribution in [1.29, 1.82) is 0 Å². The second kappa shape index (κ2) is 8.67. The van der Waals surface area contributed by atoms with E-state index in [0.717, 1.165) is 22.3 Å². The summed E-state index contributed by atoms with van der Waals surface area (Å²) in [6.07, 6.45) is 3.96. The van der Waals surface area contributed by atoms with Crippen LogP contribution in [0.25, 0.3) is 17.0 Å². The van der Waals surface area contributed by atoms with E-state index < -0.39 is 0 Å². The maximum Gasteiger partial charge on any atom is 0.0670 e. The van der Waals surface area contributed by atoms with Crippen LogP contribution in [-0.4, -0.2) is 10.2 Å². The summed E-state index contributed by atoms with van der Waals surface area (Å²) in [6, 6.07) is 18.9. The van der Waals surface area contributed by atoms with E-state index in [1.807, 2.05) is 55.5 Å². The number of nitrogens with two attached hydrogens (primary N) is 1. The Kier molecular flexibility index (Phi) is 7.20. The first kappa shape index (κ1) is 16.6. The van der Waals surface area contributed by atoms with Gasteiger partial charge in [-0.2, -0.15) is 59.7 Å². The number of rotatable bonds is 1. The third kappa shape index (κ3) is 4.59. The minimum absolute atomic E-state index is 0. The molecule has 0 aliphatic heterocycles. The van der Waals surface area contributed by atoms with Gasteiger partial charge in [-0.05, 0) is 18.5 Å². The van der Waals surface area contributed by atoms with Crippen LogP contribution < -0.4 is 5.73 Å². The van der Waals surface area contributed by atoms with E-state index in [2.05, 4.69) is 22.3 Å². The van der Waals surface area contributed by atoms with E-state index in [0.29, 0.717) is 0 Å². The largest absolute Gasteiger partial charge is 0.449 e.